The number of sulfonamides is 1. The number of carbonyl (C=O) groups excluding carboxylic acids is 2. The zero-order chi connectivity index (χ0) is 21.7. The first-order valence-electron chi connectivity index (χ1n) is 9.52. The monoisotopic (exact) mass is 450 g/mol. The highest BCUT2D eigenvalue weighted by Crippen LogP contribution is 2.27. The van der Waals surface area contributed by atoms with Gasteiger partial charge in [-0.1, -0.05) is 41.9 Å². The van der Waals surface area contributed by atoms with Crippen LogP contribution in [0.2, 0.25) is 5.02 Å². The van der Waals surface area contributed by atoms with Gasteiger partial charge < -0.3 is 10.1 Å². The largest absolute Gasteiger partial charge is 0.467 e. The van der Waals surface area contributed by atoms with Crippen molar-refractivity contribution in [2.24, 2.45) is 0 Å². The number of esters is 1. The molecule has 1 heterocycles. The molecule has 0 radical (unpaired) electrons. The number of hydrogen-bond acceptors (Lipinski definition) is 5. The fourth-order valence-corrected chi connectivity index (χ4v) is 5.27. The summed E-state index contributed by atoms with van der Waals surface area (Å²) in [5, 5.41) is 3.10. The van der Waals surface area contributed by atoms with Crippen molar-refractivity contribution in [3.8, 4) is 0 Å². The van der Waals surface area contributed by atoms with Gasteiger partial charge in [0.05, 0.1) is 12.0 Å². The molecule has 0 bridgehead atoms. The molecule has 1 aliphatic heterocycles. The Balaban J connectivity index is 1.78. The molecule has 1 amide bonds. The van der Waals surface area contributed by atoms with Crippen molar-refractivity contribution in [1.82, 2.24) is 9.62 Å². The minimum Gasteiger partial charge on any atom is -0.467 e. The summed E-state index contributed by atoms with van der Waals surface area (Å²) in [5.41, 5.74) is 0.852. The molecule has 160 valence electrons. The van der Waals surface area contributed by atoms with Crippen LogP contribution in [-0.2, 0) is 30.8 Å². The Labute approximate surface area is 181 Å². The SMILES string of the molecule is COC(=O)[C@@H](Cc1ccccc1)NC(=O)[C@H]1CCCN1S(=O)(=O)c1ccc(Cl)cc1. The fraction of sp³-hybridized carbons (Fsp3) is 0.333. The van der Waals surface area contributed by atoms with Gasteiger partial charge >= 0.3 is 5.97 Å². The third kappa shape index (κ3) is 5.00. The van der Waals surface area contributed by atoms with Gasteiger partial charge in [-0.15, -0.1) is 0 Å². The van der Waals surface area contributed by atoms with Crippen LogP contribution in [0.3, 0.4) is 0 Å². The average molecular weight is 451 g/mol. The summed E-state index contributed by atoms with van der Waals surface area (Å²) in [4.78, 5) is 25.2. The third-order valence-electron chi connectivity index (χ3n) is 5.01. The lowest BCUT2D eigenvalue weighted by Crippen LogP contribution is -2.51. The molecule has 0 spiro atoms. The van der Waals surface area contributed by atoms with Crippen LogP contribution in [0.5, 0.6) is 0 Å². The summed E-state index contributed by atoms with van der Waals surface area (Å²) in [6.07, 6.45) is 1.17. The van der Waals surface area contributed by atoms with Crippen LogP contribution < -0.4 is 5.32 Å². The number of hydrogen-bond donors (Lipinski definition) is 1. The molecule has 0 unspecified atom stereocenters. The second-order valence-electron chi connectivity index (χ2n) is 7.00. The van der Waals surface area contributed by atoms with Crippen molar-refractivity contribution in [2.45, 2.75) is 36.2 Å². The highest BCUT2D eigenvalue weighted by atomic mass is 35.5. The van der Waals surface area contributed by atoms with Gasteiger partial charge in [0.2, 0.25) is 15.9 Å². The number of ether oxygens (including phenoxy) is 1. The Hall–Kier alpha value is -2.42. The molecular weight excluding hydrogens is 428 g/mol. The van der Waals surface area contributed by atoms with Crippen molar-refractivity contribution >= 4 is 33.5 Å². The Morgan fingerprint density at radius 1 is 1.17 bits per heavy atom. The molecule has 0 aliphatic carbocycles. The number of methoxy groups -OCH3 is 1. The van der Waals surface area contributed by atoms with E-state index in [9.17, 15) is 18.0 Å². The van der Waals surface area contributed by atoms with E-state index in [4.69, 9.17) is 16.3 Å². The number of halogens is 1. The summed E-state index contributed by atoms with van der Waals surface area (Å²) in [7, 11) is -2.62. The zero-order valence-electron chi connectivity index (χ0n) is 16.5. The molecule has 2 aromatic carbocycles. The van der Waals surface area contributed by atoms with Crippen molar-refractivity contribution in [1.29, 1.82) is 0 Å². The second-order valence-corrected chi connectivity index (χ2v) is 9.33. The van der Waals surface area contributed by atoms with Crippen LogP contribution >= 0.6 is 11.6 Å². The van der Waals surface area contributed by atoms with E-state index in [1.54, 1.807) is 0 Å². The lowest BCUT2D eigenvalue weighted by molar-refractivity contribution is -0.145. The van der Waals surface area contributed by atoms with Crippen molar-refractivity contribution in [2.75, 3.05) is 13.7 Å². The molecule has 0 aromatic heterocycles. The van der Waals surface area contributed by atoms with Crippen LogP contribution in [0.4, 0.5) is 0 Å². The Morgan fingerprint density at radius 2 is 1.83 bits per heavy atom. The van der Waals surface area contributed by atoms with E-state index >= 15 is 0 Å². The highest BCUT2D eigenvalue weighted by molar-refractivity contribution is 7.89. The lowest BCUT2D eigenvalue weighted by Gasteiger charge is -2.25. The molecule has 30 heavy (non-hydrogen) atoms. The number of nitrogens with one attached hydrogen (secondary N) is 1. The standard InChI is InChI=1S/C21H23ClN2O5S/c1-29-21(26)18(14-15-6-3-2-4-7-15)23-20(25)19-8-5-13-24(19)30(27,28)17-11-9-16(22)10-12-17/h2-4,6-7,9-12,18-19H,5,8,13-14H2,1H3,(H,23,25)/t18-,19-/m1/s1. The van der Waals surface area contributed by atoms with Crippen LogP contribution in [-0.4, -0.2) is 50.3 Å². The Bertz CT molecular complexity index is 996. The topological polar surface area (TPSA) is 92.8 Å². The molecule has 9 heteroatoms. The second kappa shape index (κ2) is 9.59. The first-order valence-corrected chi connectivity index (χ1v) is 11.3. The van der Waals surface area contributed by atoms with Gasteiger partial charge in [0.1, 0.15) is 12.1 Å². The lowest BCUT2D eigenvalue weighted by atomic mass is 10.1. The quantitative estimate of drug-likeness (QED) is 0.654. The maximum atomic E-state index is 13.0. The smallest absolute Gasteiger partial charge is 0.328 e. The minimum absolute atomic E-state index is 0.0698. The summed E-state index contributed by atoms with van der Waals surface area (Å²) in [5.74, 6) is -1.10. The number of amides is 1. The summed E-state index contributed by atoms with van der Waals surface area (Å²) in [6, 6.07) is 13.2. The van der Waals surface area contributed by atoms with Gasteiger partial charge in [-0.2, -0.15) is 4.31 Å². The number of nitrogens with zero attached hydrogens (tertiary/aromatic N) is 1. The van der Waals surface area contributed by atoms with Crippen molar-refractivity contribution < 1.29 is 22.7 Å². The predicted octanol–water partition coefficient (Wildman–Crippen LogP) is 2.39. The summed E-state index contributed by atoms with van der Waals surface area (Å²) in [6.45, 7) is 0.227. The predicted molar refractivity (Wildman–Crippen MR) is 112 cm³/mol. The number of benzene rings is 2. The van der Waals surface area contributed by atoms with Crippen molar-refractivity contribution in [3.63, 3.8) is 0 Å². The molecular formula is C21H23ClN2O5S. The molecule has 2 atom stereocenters. The normalized spacial score (nSPS) is 18.0. The fourth-order valence-electron chi connectivity index (χ4n) is 3.49. The first kappa shape index (κ1) is 22.3. The minimum atomic E-state index is -3.87. The van der Waals surface area contributed by atoms with Crippen LogP contribution in [0.1, 0.15) is 18.4 Å². The Kier molecular flexibility index (Phi) is 7.12. The van der Waals surface area contributed by atoms with E-state index in [1.165, 1.54) is 35.7 Å². The maximum Gasteiger partial charge on any atom is 0.328 e. The molecule has 1 fully saturated rings. The first-order chi connectivity index (χ1) is 14.3. The summed E-state index contributed by atoms with van der Waals surface area (Å²) < 4.78 is 32.1. The van der Waals surface area contributed by atoms with Gasteiger partial charge in [-0.05, 0) is 42.7 Å². The van der Waals surface area contributed by atoms with Gasteiger partial charge in [-0.25, -0.2) is 13.2 Å². The van der Waals surface area contributed by atoms with E-state index in [-0.39, 0.29) is 17.9 Å². The van der Waals surface area contributed by atoms with Crippen LogP contribution in [0.15, 0.2) is 59.5 Å². The van der Waals surface area contributed by atoms with Crippen molar-refractivity contribution in [3.05, 3.63) is 65.2 Å². The molecule has 7 nitrogen and oxygen atoms in total. The van der Waals surface area contributed by atoms with Crippen LogP contribution in [0.25, 0.3) is 0 Å². The summed E-state index contributed by atoms with van der Waals surface area (Å²) >= 11 is 5.85. The van der Waals surface area contributed by atoms with Crippen LogP contribution in [0, 0.1) is 0 Å². The Morgan fingerprint density at radius 3 is 2.47 bits per heavy atom. The molecule has 0 saturated carbocycles. The van der Waals surface area contributed by atoms with Gasteiger partial charge in [0.15, 0.2) is 0 Å². The molecule has 1 aliphatic rings. The maximum absolute atomic E-state index is 13.0. The van der Waals surface area contributed by atoms with E-state index in [0.717, 1.165) is 5.56 Å². The van der Waals surface area contributed by atoms with E-state index < -0.39 is 34.0 Å². The van der Waals surface area contributed by atoms with E-state index in [2.05, 4.69) is 5.32 Å². The number of rotatable bonds is 7. The third-order valence-corrected chi connectivity index (χ3v) is 7.19. The zero-order valence-corrected chi connectivity index (χ0v) is 18.0. The highest BCUT2D eigenvalue weighted by Gasteiger charge is 2.40. The van der Waals surface area contributed by atoms with E-state index in [1.807, 2.05) is 30.3 Å². The molecule has 2 aromatic rings. The average Bonchev–Trinajstić information content (AvgIpc) is 3.25. The molecule has 1 N–H and O–H groups in total. The van der Waals surface area contributed by atoms with Gasteiger partial charge in [0, 0.05) is 18.0 Å². The molecule has 3 rings (SSSR count). The van der Waals surface area contributed by atoms with E-state index in [0.29, 0.717) is 17.9 Å². The number of carbonyl (C=O) groups is 2. The van der Waals surface area contributed by atoms with Gasteiger partial charge in [0.25, 0.3) is 0 Å². The van der Waals surface area contributed by atoms with Gasteiger partial charge in [-0.3, -0.25) is 4.79 Å². The molecule has 1 saturated heterocycles.